The Kier molecular flexibility index (Phi) is 3.85. The van der Waals surface area contributed by atoms with E-state index in [1.807, 2.05) is 12.3 Å². The molecule has 0 atom stereocenters. The van der Waals surface area contributed by atoms with E-state index in [4.69, 9.17) is 5.11 Å². The molecule has 0 radical (unpaired) electrons. The van der Waals surface area contributed by atoms with Gasteiger partial charge in [-0.2, -0.15) is 4.37 Å². The van der Waals surface area contributed by atoms with E-state index < -0.39 is 5.97 Å². The lowest BCUT2D eigenvalue weighted by Crippen LogP contribution is -2.17. The Morgan fingerprint density at radius 1 is 1.77 bits per heavy atom. The van der Waals surface area contributed by atoms with Gasteiger partial charge in [-0.05, 0) is 24.0 Å². The maximum absolute atomic E-state index is 10.2. The average Bonchev–Trinajstić information content (AvgIpc) is 2.45. The number of nitrogens with one attached hydrogen (secondary N) is 1. The van der Waals surface area contributed by atoms with E-state index in [9.17, 15) is 4.79 Å². The van der Waals surface area contributed by atoms with Crippen LogP contribution in [0.1, 0.15) is 17.7 Å². The van der Waals surface area contributed by atoms with Gasteiger partial charge in [0, 0.05) is 18.5 Å². The van der Waals surface area contributed by atoms with Gasteiger partial charge in [-0.15, -0.1) is 0 Å². The average molecular weight is 200 g/mol. The Hall–Kier alpha value is -0.940. The molecule has 0 aliphatic carbocycles. The SMILES string of the molecule is Cc1nscc1CNCCC(=O)O. The van der Waals surface area contributed by atoms with E-state index in [2.05, 4.69) is 9.69 Å². The first kappa shape index (κ1) is 10.1. The fourth-order valence-corrected chi connectivity index (χ4v) is 1.61. The van der Waals surface area contributed by atoms with Gasteiger partial charge in [0.2, 0.25) is 0 Å². The Morgan fingerprint density at radius 2 is 2.54 bits per heavy atom. The van der Waals surface area contributed by atoms with Gasteiger partial charge in [-0.1, -0.05) is 0 Å². The number of carboxylic acid groups (broad SMARTS) is 1. The zero-order valence-corrected chi connectivity index (χ0v) is 8.23. The summed E-state index contributed by atoms with van der Waals surface area (Å²) in [5.41, 5.74) is 2.17. The van der Waals surface area contributed by atoms with Crippen LogP contribution in [0.2, 0.25) is 0 Å². The number of hydrogen-bond acceptors (Lipinski definition) is 4. The third-order valence-corrected chi connectivity index (χ3v) is 2.45. The number of aliphatic carboxylic acids is 1. The Labute approximate surface area is 80.8 Å². The molecule has 0 unspecified atom stereocenters. The van der Waals surface area contributed by atoms with Crippen LogP contribution in [0.4, 0.5) is 0 Å². The van der Waals surface area contributed by atoms with Crippen molar-refractivity contribution in [2.75, 3.05) is 6.54 Å². The summed E-state index contributed by atoms with van der Waals surface area (Å²) in [5, 5.41) is 13.4. The molecule has 13 heavy (non-hydrogen) atoms. The van der Waals surface area contributed by atoms with Gasteiger partial charge < -0.3 is 10.4 Å². The molecule has 0 fully saturated rings. The zero-order valence-electron chi connectivity index (χ0n) is 7.41. The molecular formula is C8H12N2O2S. The van der Waals surface area contributed by atoms with Crippen LogP contribution in [0.3, 0.4) is 0 Å². The third kappa shape index (κ3) is 3.52. The van der Waals surface area contributed by atoms with E-state index in [-0.39, 0.29) is 6.42 Å². The Bertz CT molecular complexity index is 285. The van der Waals surface area contributed by atoms with Crippen molar-refractivity contribution in [1.29, 1.82) is 0 Å². The predicted octanol–water partition coefficient (Wildman–Crippen LogP) is 1.02. The number of rotatable bonds is 5. The summed E-state index contributed by atoms with van der Waals surface area (Å²) in [6.45, 7) is 3.16. The van der Waals surface area contributed by atoms with Crippen LogP contribution in [0, 0.1) is 6.92 Å². The highest BCUT2D eigenvalue weighted by atomic mass is 32.1. The Morgan fingerprint density at radius 3 is 3.08 bits per heavy atom. The van der Waals surface area contributed by atoms with Crippen LogP contribution in [0.15, 0.2) is 5.38 Å². The van der Waals surface area contributed by atoms with Crippen molar-refractivity contribution in [3.8, 4) is 0 Å². The van der Waals surface area contributed by atoms with Gasteiger partial charge in [-0.3, -0.25) is 4.79 Å². The lowest BCUT2D eigenvalue weighted by Gasteiger charge is -2.00. The molecule has 0 aliphatic rings. The quantitative estimate of drug-likeness (QED) is 0.696. The molecule has 2 N–H and O–H groups in total. The summed E-state index contributed by atoms with van der Waals surface area (Å²) < 4.78 is 4.12. The summed E-state index contributed by atoms with van der Waals surface area (Å²) in [6.07, 6.45) is 0.163. The van der Waals surface area contributed by atoms with Crippen LogP contribution in [0.5, 0.6) is 0 Å². The molecular weight excluding hydrogens is 188 g/mol. The molecule has 0 aliphatic heterocycles. The van der Waals surface area contributed by atoms with Gasteiger partial charge in [0.05, 0.1) is 12.1 Å². The summed E-state index contributed by atoms with van der Waals surface area (Å²) in [4.78, 5) is 10.2. The van der Waals surface area contributed by atoms with Gasteiger partial charge in [-0.25, -0.2) is 0 Å². The molecule has 0 saturated carbocycles. The first-order chi connectivity index (χ1) is 6.20. The van der Waals surface area contributed by atoms with Gasteiger partial charge in [0.1, 0.15) is 0 Å². The molecule has 0 amide bonds. The first-order valence-corrected chi connectivity index (χ1v) is 4.86. The molecule has 1 heterocycles. The van der Waals surface area contributed by atoms with Crippen molar-refractivity contribution >= 4 is 17.5 Å². The third-order valence-electron chi connectivity index (χ3n) is 1.68. The molecule has 5 heteroatoms. The molecule has 1 aromatic heterocycles. The smallest absolute Gasteiger partial charge is 0.304 e. The van der Waals surface area contributed by atoms with Crippen molar-refractivity contribution in [3.63, 3.8) is 0 Å². The van der Waals surface area contributed by atoms with Crippen LogP contribution < -0.4 is 5.32 Å². The number of aryl methyl sites for hydroxylation is 1. The fraction of sp³-hybridized carbons (Fsp3) is 0.500. The number of aromatic nitrogens is 1. The summed E-state index contributed by atoms with van der Waals surface area (Å²) >= 11 is 1.42. The minimum Gasteiger partial charge on any atom is -0.481 e. The van der Waals surface area contributed by atoms with Crippen molar-refractivity contribution in [1.82, 2.24) is 9.69 Å². The summed E-state index contributed by atoms with van der Waals surface area (Å²) in [5.74, 6) is -0.771. The van der Waals surface area contributed by atoms with Crippen LogP contribution in [-0.4, -0.2) is 22.0 Å². The van der Waals surface area contributed by atoms with Gasteiger partial charge >= 0.3 is 5.97 Å². The zero-order chi connectivity index (χ0) is 9.68. The minimum atomic E-state index is -0.771. The van der Waals surface area contributed by atoms with Crippen molar-refractivity contribution in [2.24, 2.45) is 0 Å². The molecule has 1 aromatic rings. The highest BCUT2D eigenvalue weighted by molar-refractivity contribution is 7.03. The number of nitrogens with zero attached hydrogens (tertiary/aromatic N) is 1. The van der Waals surface area contributed by atoms with Gasteiger partial charge in [0.15, 0.2) is 0 Å². The second-order valence-corrected chi connectivity index (χ2v) is 3.37. The van der Waals surface area contributed by atoms with E-state index in [1.54, 1.807) is 0 Å². The monoisotopic (exact) mass is 200 g/mol. The predicted molar refractivity (Wildman–Crippen MR) is 50.8 cm³/mol. The molecule has 1 rings (SSSR count). The molecule has 0 saturated heterocycles. The number of carbonyl (C=O) groups is 1. The molecule has 0 aromatic carbocycles. The fourth-order valence-electron chi connectivity index (χ4n) is 0.901. The summed E-state index contributed by atoms with van der Waals surface area (Å²) in [6, 6.07) is 0. The maximum atomic E-state index is 10.2. The molecule has 0 bridgehead atoms. The van der Waals surface area contributed by atoms with Crippen LogP contribution >= 0.6 is 11.5 Å². The van der Waals surface area contributed by atoms with Crippen molar-refractivity contribution < 1.29 is 9.90 Å². The summed E-state index contributed by atoms with van der Waals surface area (Å²) in [7, 11) is 0. The maximum Gasteiger partial charge on any atom is 0.304 e. The van der Waals surface area contributed by atoms with Crippen LogP contribution in [-0.2, 0) is 11.3 Å². The van der Waals surface area contributed by atoms with Crippen molar-refractivity contribution in [3.05, 3.63) is 16.6 Å². The molecule has 0 spiro atoms. The molecule has 72 valence electrons. The highest BCUT2D eigenvalue weighted by Gasteiger charge is 2.00. The number of hydrogen-bond donors (Lipinski definition) is 2. The normalized spacial score (nSPS) is 10.2. The Balaban J connectivity index is 2.20. The lowest BCUT2D eigenvalue weighted by molar-refractivity contribution is -0.136. The molecule has 4 nitrogen and oxygen atoms in total. The van der Waals surface area contributed by atoms with E-state index in [0.29, 0.717) is 13.1 Å². The van der Waals surface area contributed by atoms with Gasteiger partial charge in [0.25, 0.3) is 0 Å². The standard InChI is InChI=1S/C8H12N2O2S/c1-6-7(5-13-10-6)4-9-3-2-8(11)12/h5,9H,2-4H2,1H3,(H,11,12). The second-order valence-electron chi connectivity index (χ2n) is 2.75. The van der Waals surface area contributed by atoms with E-state index in [1.165, 1.54) is 11.5 Å². The van der Waals surface area contributed by atoms with Crippen molar-refractivity contribution in [2.45, 2.75) is 19.9 Å². The number of carboxylic acids is 1. The van der Waals surface area contributed by atoms with Crippen LogP contribution in [0.25, 0.3) is 0 Å². The van der Waals surface area contributed by atoms with E-state index in [0.717, 1.165) is 11.3 Å². The van der Waals surface area contributed by atoms with E-state index >= 15 is 0 Å². The first-order valence-electron chi connectivity index (χ1n) is 4.02. The second kappa shape index (κ2) is 4.94. The highest BCUT2D eigenvalue weighted by Crippen LogP contribution is 2.07. The lowest BCUT2D eigenvalue weighted by atomic mass is 10.2. The topological polar surface area (TPSA) is 62.2 Å². The minimum absolute atomic E-state index is 0.163. The largest absolute Gasteiger partial charge is 0.481 e.